The Morgan fingerprint density at radius 1 is 1.36 bits per heavy atom. The summed E-state index contributed by atoms with van der Waals surface area (Å²) < 4.78 is 1.61. The van der Waals surface area contributed by atoms with Crippen molar-refractivity contribution in [3.8, 4) is 0 Å². The predicted molar refractivity (Wildman–Crippen MR) is 94.2 cm³/mol. The number of thioether (sulfide) groups is 1. The van der Waals surface area contributed by atoms with E-state index in [0.29, 0.717) is 18.8 Å². The molecule has 2 aromatic heterocycles. The summed E-state index contributed by atoms with van der Waals surface area (Å²) in [4.78, 5) is 13.9. The van der Waals surface area contributed by atoms with E-state index in [9.17, 15) is 4.79 Å². The summed E-state index contributed by atoms with van der Waals surface area (Å²) in [6.45, 7) is 1.08. The van der Waals surface area contributed by atoms with E-state index < -0.39 is 0 Å². The monoisotopic (exact) mass is 364 g/mol. The van der Waals surface area contributed by atoms with Gasteiger partial charge < -0.3 is 10.2 Å². The van der Waals surface area contributed by atoms with Gasteiger partial charge in [-0.15, -0.1) is 5.10 Å². The Bertz CT molecular complexity index is 712. The number of aryl methyl sites for hydroxylation is 2. The molecule has 0 spiro atoms. The molecule has 0 radical (unpaired) electrons. The highest BCUT2D eigenvalue weighted by Gasteiger charge is 2.18. The van der Waals surface area contributed by atoms with Crippen LogP contribution in [0.4, 0.5) is 4.79 Å². The van der Waals surface area contributed by atoms with E-state index in [-0.39, 0.29) is 6.03 Å². The topological polar surface area (TPSA) is 105 Å². The van der Waals surface area contributed by atoms with Crippen molar-refractivity contribution in [2.75, 3.05) is 19.3 Å². The van der Waals surface area contributed by atoms with Gasteiger partial charge in [-0.2, -0.15) is 5.10 Å². The summed E-state index contributed by atoms with van der Waals surface area (Å²) in [5.41, 5.74) is 3.55. The molecule has 0 unspecified atom stereocenters. The van der Waals surface area contributed by atoms with Crippen molar-refractivity contribution >= 4 is 17.8 Å². The highest BCUT2D eigenvalue weighted by Crippen LogP contribution is 2.22. The van der Waals surface area contributed by atoms with Gasteiger partial charge in [-0.05, 0) is 41.7 Å². The molecule has 0 atom stereocenters. The Kier molecular flexibility index (Phi) is 5.90. The van der Waals surface area contributed by atoms with Crippen LogP contribution in [0, 0.1) is 0 Å². The van der Waals surface area contributed by atoms with E-state index in [4.69, 9.17) is 0 Å². The summed E-state index contributed by atoms with van der Waals surface area (Å²) in [5.74, 6) is 0.714. The molecule has 10 heteroatoms. The predicted octanol–water partition coefficient (Wildman–Crippen LogP) is 1.14. The summed E-state index contributed by atoms with van der Waals surface area (Å²) in [6.07, 6.45) is 5.79. The Hall–Kier alpha value is -2.10. The van der Waals surface area contributed by atoms with Crippen LogP contribution >= 0.6 is 11.8 Å². The molecule has 0 aliphatic heterocycles. The van der Waals surface area contributed by atoms with Gasteiger partial charge in [0.2, 0.25) is 5.16 Å². The van der Waals surface area contributed by atoms with Gasteiger partial charge in [-0.25, -0.2) is 9.48 Å². The number of carbonyl (C=O) groups is 1. The normalized spacial score (nSPS) is 14.0. The van der Waals surface area contributed by atoms with E-state index in [1.54, 1.807) is 23.7 Å². The molecule has 3 rings (SSSR count). The van der Waals surface area contributed by atoms with Gasteiger partial charge >= 0.3 is 6.03 Å². The van der Waals surface area contributed by atoms with Crippen molar-refractivity contribution in [3.63, 3.8) is 0 Å². The number of nitrogens with zero attached hydrogens (tertiary/aromatic N) is 6. The SMILES string of the molecule is CN(Cc1n[nH]c2c1CCCCC2)C(=O)NCCSc1nnnn1C. The lowest BCUT2D eigenvalue weighted by atomic mass is 10.1. The Labute approximate surface area is 150 Å². The van der Waals surface area contributed by atoms with Crippen molar-refractivity contribution in [2.45, 2.75) is 43.8 Å². The van der Waals surface area contributed by atoms with Crippen LogP contribution in [0.2, 0.25) is 0 Å². The number of amides is 2. The largest absolute Gasteiger partial charge is 0.337 e. The van der Waals surface area contributed by atoms with Gasteiger partial charge in [0.05, 0.1) is 12.2 Å². The summed E-state index contributed by atoms with van der Waals surface area (Å²) in [5, 5.41) is 22.5. The first kappa shape index (κ1) is 17.7. The number of urea groups is 1. The molecule has 2 heterocycles. The molecule has 136 valence electrons. The zero-order chi connectivity index (χ0) is 17.6. The fourth-order valence-electron chi connectivity index (χ4n) is 2.93. The summed E-state index contributed by atoms with van der Waals surface area (Å²) >= 11 is 1.51. The highest BCUT2D eigenvalue weighted by atomic mass is 32.2. The molecule has 0 aromatic carbocycles. The van der Waals surface area contributed by atoms with Crippen LogP contribution in [0.5, 0.6) is 0 Å². The van der Waals surface area contributed by atoms with Crippen molar-refractivity contribution in [1.29, 1.82) is 0 Å². The van der Waals surface area contributed by atoms with Crippen molar-refractivity contribution in [2.24, 2.45) is 7.05 Å². The van der Waals surface area contributed by atoms with Crippen LogP contribution in [-0.2, 0) is 26.4 Å². The van der Waals surface area contributed by atoms with Gasteiger partial charge in [0.15, 0.2) is 0 Å². The van der Waals surface area contributed by atoms with E-state index in [2.05, 4.69) is 31.0 Å². The molecule has 25 heavy (non-hydrogen) atoms. The second-order valence-corrected chi connectivity index (χ2v) is 7.27. The van der Waals surface area contributed by atoms with Crippen molar-refractivity contribution < 1.29 is 4.79 Å². The van der Waals surface area contributed by atoms with E-state index in [0.717, 1.165) is 23.7 Å². The molecule has 2 aromatic rings. The number of aromatic amines is 1. The lowest BCUT2D eigenvalue weighted by Crippen LogP contribution is -2.38. The number of nitrogens with one attached hydrogen (secondary N) is 2. The molecule has 0 bridgehead atoms. The average Bonchev–Trinajstić information content (AvgIpc) is 3.09. The van der Waals surface area contributed by atoms with Crippen molar-refractivity contribution in [1.82, 2.24) is 40.6 Å². The number of H-pyrrole nitrogens is 1. The quantitative estimate of drug-likeness (QED) is 0.452. The first-order valence-corrected chi connectivity index (χ1v) is 9.53. The number of hydrogen-bond acceptors (Lipinski definition) is 6. The molecular formula is C15H24N8OS. The molecular weight excluding hydrogens is 340 g/mol. The van der Waals surface area contributed by atoms with E-state index >= 15 is 0 Å². The first-order valence-electron chi connectivity index (χ1n) is 8.54. The maximum Gasteiger partial charge on any atom is 0.317 e. The fourth-order valence-corrected chi connectivity index (χ4v) is 3.64. The van der Waals surface area contributed by atoms with Crippen LogP contribution in [0.15, 0.2) is 5.16 Å². The molecule has 0 saturated carbocycles. The third-order valence-corrected chi connectivity index (χ3v) is 5.33. The van der Waals surface area contributed by atoms with E-state index in [1.807, 2.05) is 0 Å². The maximum absolute atomic E-state index is 12.3. The van der Waals surface area contributed by atoms with E-state index in [1.165, 1.54) is 42.3 Å². The molecule has 1 aliphatic rings. The minimum atomic E-state index is -0.0953. The Balaban J connectivity index is 1.45. The molecule has 0 saturated heterocycles. The number of fused-ring (bicyclic) bond motifs is 1. The van der Waals surface area contributed by atoms with Gasteiger partial charge in [0, 0.05) is 32.1 Å². The zero-order valence-electron chi connectivity index (χ0n) is 14.7. The first-order chi connectivity index (χ1) is 12.1. The number of hydrogen-bond donors (Lipinski definition) is 2. The minimum absolute atomic E-state index is 0.0953. The van der Waals surface area contributed by atoms with Crippen LogP contribution in [0.25, 0.3) is 0 Å². The molecule has 1 aliphatic carbocycles. The number of tetrazole rings is 1. The average molecular weight is 364 g/mol. The third kappa shape index (κ3) is 4.50. The summed E-state index contributed by atoms with van der Waals surface area (Å²) in [7, 11) is 3.59. The Morgan fingerprint density at radius 3 is 3.00 bits per heavy atom. The third-order valence-electron chi connectivity index (χ3n) is 4.32. The molecule has 2 amide bonds. The fraction of sp³-hybridized carbons (Fsp3) is 0.667. The number of carbonyl (C=O) groups excluding carboxylic acids is 1. The maximum atomic E-state index is 12.3. The van der Waals surface area contributed by atoms with Crippen LogP contribution in [0.3, 0.4) is 0 Å². The number of rotatable bonds is 6. The van der Waals surface area contributed by atoms with Crippen LogP contribution in [0.1, 0.15) is 36.2 Å². The van der Waals surface area contributed by atoms with Gasteiger partial charge in [-0.1, -0.05) is 18.2 Å². The minimum Gasteiger partial charge on any atom is -0.337 e. The second kappa shape index (κ2) is 8.32. The molecule has 2 N–H and O–H groups in total. The zero-order valence-corrected chi connectivity index (χ0v) is 15.5. The molecule has 0 fully saturated rings. The van der Waals surface area contributed by atoms with Gasteiger partial charge in [0.1, 0.15) is 0 Å². The standard InChI is InChI=1S/C15H24N8OS/c1-22(10-13-11-6-4-3-5-7-12(11)17-18-13)14(24)16-8-9-25-15-19-20-21-23(15)2/h3-10H2,1-2H3,(H,16,24)(H,17,18). The number of aromatic nitrogens is 6. The van der Waals surface area contributed by atoms with Crippen LogP contribution in [-0.4, -0.2) is 60.7 Å². The molecule has 9 nitrogen and oxygen atoms in total. The smallest absolute Gasteiger partial charge is 0.317 e. The van der Waals surface area contributed by atoms with Crippen LogP contribution < -0.4 is 5.32 Å². The van der Waals surface area contributed by atoms with Crippen molar-refractivity contribution in [3.05, 3.63) is 17.0 Å². The lowest BCUT2D eigenvalue weighted by Gasteiger charge is -2.17. The highest BCUT2D eigenvalue weighted by molar-refractivity contribution is 7.99. The Morgan fingerprint density at radius 2 is 2.20 bits per heavy atom. The van der Waals surface area contributed by atoms with Gasteiger partial charge in [-0.3, -0.25) is 5.10 Å². The lowest BCUT2D eigenvalue weighted by molar-refractivity contribution is 0.207. The second-order valence-electron chi connectivity index (χ2n) is 6.21. The summed E-state index contributed by atoms with van der Waals surface area (Å²) in [6, 6.07) is -0.0953. The van der Waals surface area contributed by atoms with Gasteiger partial charge in [0.25, 0.3) is 0 Å².